The largest absolute Gasteiger partial charge is 0.454 e. The van der Waals surface area contributed by atoms with E-state index in [2.05, 4.69) is 30.5 Å². The fourth-order valence-corrected chi connectivity index (χ4v) is 6.33. The summed E-state index contributed by atoms with van der Waals surface area (Å²) in [6.07, 6.45) is 1.87. The van der Waals surface area contributed by atoms with Crippen LogP contribution < -0.4 is 15.0 Å². The monoisotopic (exact) mass is 491 g/mol. The summed E-state index contributed by atoms with van der Waals surface area (Å²) in [4.78, 5) is 21.3. The van der Waals surface area contributed by atoms with Gasteiger partial charge >= 0.3 is 0 Å². The number of benzene rings is 1. The van der Waals surface area contributed by atoms with Crippen molar-refractivity contribution < 1.29 is 14.2 Å². The summed E-state index contributed by atoms with van der Waals surface area (Å²) >= 11 is 2.00. The lowest BCUT2D eigenvalue weighted by Crippen LogP contribution is -2.32. The van der Waals surface area contributed by atoms with Gasteiger partial charge in [-0.1, -0.05) is 13.0 Å². The third-order valence-corrected chi connectivity index (χ3v) is 8.25. The van der Waals surface area contributed by atoms with Crippen molar-refractivity contribution in [3.63, 3.8) is 0 Å². The van der Waals surface area contributed by atoms with Crippen LogP contribution in [0.2, 0.25) is 0 Å². The highest BCUT2D eigenvalue weighted by molar-refractivity contribution is 7.99. The first kappa shape index (κ1) is 22.6. The maximum Gasteiger partial charge on any atom is 0.257 e. The van der Waals surface area contributed by atoms with Crippen LogP contribution in [-0.4, -0.2) is 52.9 Å². The molecule has 6 rings (SSSR count). The summed E-state index contributed by atoms with van der Waals surface area (Å²) in [7, 11) is 1.63. The van der Waals surface area contributed by atoms with Crippen LogP contribution in [0.25, 0.3) is 22.3 Å². The molecular formula is C27H29N3O4S. The van der Waals surface area contributed by atoms with Gasteiger partial charge in [0.05, 0.1) is 30.1 Å². The molecule has 8 heteroatoms. The quantitative estimate of drug-likeness (QED) is 0.376. The van der Waals surface area contributed by atoms with Gasteiger partial charge in [-0.05, 0) is 29.2 Å². The van der Waals surface area contributed by atoms with Gasteiger partial charge in [-0.2, -0.15) is 11.8 Å². The number of allylic oxidation sites excluding steroid dienone is 1. The maximum atomic E-state index is 13.7. The summed E-state index contributed by atoms with van der Waals surface area (Å²) in [6, 6.07) is 6.15. The number of pyridine rings is 2. The zero-order valence-electron chi connectivity index (χ0n) is 20.1. The van der Waals surface area contributed by atoms with Crippen molar-refractivity contribution in [3.05, 3.63) is 63.5 Å². The summed E-state index contributed by atoms with van der Waals surface area (Å²) < 4.78 is 18.6. The van der Waals surface area contributed by atoms with E-state index >= 15 is 0 Å². The Morgan fingerprint density at radius 2 is 1.97 bits per heavy atom. The Balaban J connectivity index is 1.58. The molecule has 0 amide bonds. The van der Waals surface area contributed by atoms with Crippen molar-refractivity contribution in [2.24, 2.45) is 0 Å². The lowest BCUT2D eigenvalue weighted by molar-refractivity contribution is 0.174. The van der Waals surface area contributed by atoms with Crippen molar-refractivity contribution in [1.29, 1.82) is 0 Å². The lowest BCUT2D eigenvalue weighted by atomic mass is 9.95. The molecule has 1 fully saturated rings. The van der Waals surface area contributed by atoms with E-state index in [-0.39, 0.29) is 24.9 Å². The van der Waals surface area contributed by atoms with Crippen LogP contribution in [-0.2, 0) is 24.4 Å². The molecule has 0 spiro atoms. The van der Waals surface area contributed by atoms with E-state index in [0.717, 1.165) is 76.1 Å². The molecule has 35 heavy (non-hydrogen) atoms. The minimum Gasteiger partial charge on any atom is -0.454 e. The van der Waals surface area contributed by atoms with Crippen molar-refractivity contribution in [3.8, 4) is 22.9 Å². The Morgan fingerprint density at radius 1 is 1.20 bits per heavy atom. The molecule has 0 aliphatic carbocycles. The van der Waals surface area contributed by atoms with Gasteiger partial charge in [0.25, 0.3) is 5.56 Å². The Labute approximate surface area is 208 Å². The Morgan fingerprint density at radius 3 is 2.71 bits per heavy atom. The number of hydrogen-bond acceptors (Lipinski definition) is 7. The van der Waals surface area contributed by atoms with E-state index in [1.807, 2.05) is 28.5 Å². The molecule has 182 valence electrons. The van der Waals surface area contributed by atoms with E-state index in [1.54, 1.807) is 7.11 Å². The van der Waals surface area contributed by atoms with Crippen LogP contribution in [0.15, 0.2) is 35.6 Å². The summed E-state index contributed by atoms with van der Waals surface area (Å²) in [5.41, 5.74) is 6.60. The molecule has 3 aliphatic heterocycles. The number of hydrogen-bond donors (Lipinski definition) is 0. The van der Waals surface area contributed by atoms with Crippen LogP contribution in [0.5, 0.6) is 11.5 Å². The number of aromatic nitrogens is 2. The van der Waals surface area contributed by atoms with E-state index in [9.17, 15) is 4.79 Å². The molecule has 5 heterocycles. The molecule has 0 radical (unpaired) electrons. The first-order valence-corrected chi connectivity index (χ1v) is 13.2. The highest BCUT2D eigenvalue weighted by Gasteiger charge is 2.30. The van der Waals surface area contributed by atoms with Crippen LogP contribution in [0.3, 0.4) is 0 Å². The number of methoxy groups -OCH3 is 1. The number of fused-ring (bicyclic) bond motifs is 5. The minimum atomic E-state index is -0.00964. The zero-order chi connectivity index (χ0) is 24.1. The molecule has 1 saturated heterocycles. The van der Waals surface area contributed by atoms with Crippen molar-refractivity contribution in [2.45, 2.75) is 32.5 Å². The number of nitrogens with zero attached hydrogens (tertiary/aromatic N) is 3. The van der Waals surface area contributed by atoms with E-state index in [0.29, 0.717) is 12.1 Å². The van der Waals surface area contributed by atoms with Crippen LogP contribution in [0, 0.1) is 0 Å². The normalized spacial score (nSPS) is 17.4. The third-order valence-electron chi connectivity index (χ3n) is 7.31. The topological polar surface area (TPSA) is 65.8 Å². The molecule has 1 aromatic carbocycles. The highest BCUT2D eigenvalue weighted by Crippen LogP contribution is 2.42. The lowest BCUT2D eigenvalue weighted by Gasteiger charge is -2.27. The van der Waals surface area contributed by atoms with Gasteiger partial charge in [-0.25, -0.2) is 4.98 Å². The molecule has 3 aliphatic rings. The summed E-state index contributed by atoms with van der Waals surface area (Å²) in [5, 5.41) is 1.07. The number of ether oxygens (including phenoxy) is 3. The summed E-state index contributed by atoms with van der Waals surface area (Å²) in [6.45, 7) is 9.97. The molecular weight excluding hydrogens is 462 g/mol. The van der Waals surface area contributed by atoms with E-state index in [1.165, 1.54) is 5.56 Å². The van der Waals surface area contributed by atoms with Crippen molar-refractivity contribution >= 4 is 22.7 Å². The van der Waals surface area contributed by atoms with Crippen molar-refractivity contribution in [2.75, 3.05) is 38.5 Å². The van der Waals surface area contributed by atoms with E-state index in [4.69, 9.17) is 19.2 Å². The first-order valence-electron chi connectivity index (χ1n) is 12.0. The smallest absolute Gasteiger partial charge is 0.257 e. The maximum absolute atomic E-state index is 13.7. The first-order chi connectivity index (χ1) is 17.1. The average Bonchev–Trinajstić information content (AvgIpc) is 3.49. The van der Waals surface area contributed by atoms with E-state index < -0.39 is 0 Å². The van der Waals surface area contributed by atoms with Gasteiger partial charge in [0.1, 0.15) is 0 Å². The fourth-order valence-electron chi connectivity index (χ4n) is 5.35. The van der Waals surface area contributed by atoms with Gasteiger partial charge in [0.15, 0.2) is 11.5 Å². The second kappa shape index (κ2) is 9.00. The number of thioether (sulfide) groups is 1. The van der Waals surface area contributed by atoms with Crippen LogP contribution >= 0.6 is 11.8 Å². The van der Waals surface area contributed by atoms with Gasteiger partial charge in [0.2, 0.25) is 6.79 Å². The average molecular weight is 492 g/mol. The second-order valence-electron chi connectivity index (χ2n) is 9.34. The van der Waals surface area contributed by atoms with Gasteiger partial charge in [-0.15, -0.1) is 6.58 Å². The molecule has 1 unspecified atom stereocenters. The molecule has 7 nitrogen and oxygen atoms in total. The predicted molar refractivity (Wildman–Crippen MR) is 139 cm³/mol. The minimum absolute atomic E-state index is 0.00964. The SMILES string of the molecule is C=CC(C)c1cc2n(c(=O)c1COC)Cc1c-2nc2cc3c(cc2c1CN1CCSCC1)OCO3. The second-order valence-corrected chi connectivity index (χ2v) is 10.6. The number of rotatable bonds is 6. The molecule has 1 atom stereocenters. The molecule has 3 aromatic rings. The Bertz CT molecular complexity index is 1390. The standard InChI is InChI=1S/C27H29N3O4S/c1-4-16(2)17-9-23-26-20(13-30(23)27(31)21(17)14-32-3)19(12-29-5-7-35-8-6-29)18-10-24-25(34-15-33-24)11-22(18)28-26/h4,9-11,16H,1,5-8,12-15H2,2-3H3. The third kappa shape index (κ3) is 3.75. The molecule has 0 bridgehead atoms. The predicted octanol–water partition coefficient (Wildman–Crippen LogP) is 4.14. The zero-order valence-corrected chi connectivity index (χ0v) is 21.0. The Hall–Kier alpha value is -2.81. The van der Waals surface area contributed by atoms with Crippen LogP contribution in [0.4, 0.5) is 0 Å². The molecule has 2 aromatic heterocycles. The van der Waals surface area contributed by atoms with Gasteiger partial charge in [0, 0.05) is 60.8 Å². The van der Waals surface area contributed by atoms with Gasteiger partial charge in [-0.3, -0.25) is 9.69 Å². The Kier molecular flexibility index (Phi) is 5.82. The summed E-state index contributed by atoms with van der Waals surface area (Å²) in [5.74, 6) is 3.78. The molecule has 0 N–H and O–H groups in total. The molecule has 0 saturated carbocycles. The highest BCUT2D eigenvalue weighted by atomic mass is 32.2. The van der Waals surface area contributed by atoms with Crippen LogP contribution in [0.1, 0.15) is 35.1 Å². The fraction of sp³-hybridized carbons (Fsp3) is 0.407. The van der Waals surface area contributed by atoms with Gasteiger partial charge < -0.3 is 18.8 Å². The van der Waals surface area contributed by atoms with Crippen molar-refractivity contribution in [1.82, 2.24) is 14.5 Å².